The molecule has 144 valence electrons. The van der Waals surface area contributed by atoms with Crippen LogP contribution in [0.5, 0.6) is 0 Å². The van der Waals surface area contributed by atoms with Crippen LogP contribution in [0.4, 0.5) is 4.39 Å². The molecule has 0 bridgehead atoms. The van der Waals surface area contributed by atoms with Gasteiger partial charge in [-0.25, -0.2) is 4.39 Å². The smallest absolute Gasteiger partial charge is 0.276 e. The van der Waals surface area contributed by atoms with Crippen molar-refractivity contribution in [3.63, 3.8) is 0 Å². The second-order valence-electron chi connectivity index (χ2n) is 7.38. The number of carbonyl (C=O) groups excluding carboxylic acids is 2. The van der Waals surface area contributed by atoms with E-state index in [1.54, 1.807) is 23.6 Å². The van der Waals surface area contributed by atoms with E-state index in [0.717, 1.165) is 24.4 Å². The molecule has 0 saturated heterocycles. The summed E-state index contributed by atoms with van der Waals surface area (Å²) < 4.78 is 18.4. The van der Waals surface area contributed by atoms with Gasteiger partial charge in [0.25, 0.3) is 5.91 Å². The van der Waals surface area contributed by atoms with Crippen molar-refractivity contribution in [2.75, 3.05) is 0 Å². The lowest BCUT2D eigenvalue weighted by Crippen LogP contribution is -2.51. The molecular formula is C19H23FN4O2S. The molecule has 1 heterocycles. The van der Waals surface area contributed by atoms with Gasteiger partial charge in [-0.2, -0.15) is 0 Å². The maximum absolute atomic E-state index is 14.6. The van der Waals surface area contributed by atoms with Crippen molar-refractivity contribution in [3.8, 4) is 0 Å². The molecule has 1 aliphatic carbocycles. The van der Waals surface area contributed by atoms with Crippen molar-refractivity contribution in [2.24, 2.45) is 0 Å². The summed E-state index contributed by atoms with van der Waals surface area (Å²) >= 11 is 1.07. The number of hydrogen-bond donors (Lipinski definition) is 1. The van der Waals surface area contributed by atoms with E-state index in [4.69, 9.17) is 0 Å². The average Bonchev–Trinajstić information content (AvgIpc) is 3.31. The predicted octanol–water partition coefficient (Wildman–Crippen LogP) is 3.33. The SMILES string of the molecule is CCC(C)(C)NC(=O)C(c1ccccc1F)N(C(=O)c1csnn1)C1CC1. The molecule has 6 nitrogen and oxygen atoms in total. The molecule has 0 spiro atoms. The normalized spacial score (nSPS) is 15.3. The van der Waals surface area contributed by atoms with Gasteiger partial charge in [0.15, 0.2) is 5.69 Å². The van der Waals surface area contributed by atoms with E-state index in [1.807, 2.05) is 20.8 Å². The molecule has 0 aliphatic heterocycles. The van der Waals surface area contributed by atoms with Gasteiger partial charge in [-0.05, 0) is 50.7 Å². The molecule has 1 saturated carbocycles. The Kier molecular flexibility index (Phi) is 5.55. The fraction of sp³-hybridized carbons (Fsp3) is 0.474. The highest BCUT2D eigenvalue weighted by atomic mass is 32.1. The van der Waals surface area contributed by atoms with Crippen LogP contribution in [0, 0.1) is 5.82 Å². The summed E-state index contributed by atoms with van der Waals surface area (Å²) in [6.07, 6.45) is 2.26. The highest BCUT2D eigenvalue weighted by Gasteiger charge is 2.44. The molecule has 2 aromatic rings. The van der Waals surface area contributed by atoms with Crippen LogP contribution >= 0.6 is 11.5 Å². The average molecular weight is 390 g/mol. The standard InChI is InChI=1S/C19H23FN4O2S/c1-4-19(2,3)21-17(25)16(13-7-5-6-8-14(13)20)24(12-9-10-12)18(26)15-11-27-23-22-15/h5-8,11-12,16H,4,9-10H2,1-3H3,(H,21,25). The van der Waals surface area contributed by atoms with E-state index in [9.17, 15) is 14.0 Å². The van der Waals surface area contributed by atoms with Crippen LogP contribution in [0.3, 0.4) is 0 Å². The van der Waals surface area contributed by atoms with Crippen LogP contribution in [0.25, 0.3) is 0 Å². The Hall–Kier alpha value is -2.35. The third-order valence-electron chi connectivity index (χ3n) is 4.83. The summed E-state index contributed by atoms with van der Waals surface area (Å²) in [7, 11) is 0. The third kappa shape index (κ3) is 4.32. The molecule has 1 unspecified atom stereocenters. The van der Waals surface area contributed by atoms with E-state index in [1.165, 1.54) is 11.0 Å². The van der Waals surface area contributed by atoms with E-state index in [-0.39, 0.29) is 17.3 Å². The van der Waals surface area contributed by atoms with Gasteiger partial charge >= 0.3 is 0 Å². The number of halogens is 1. The highest BCUT2D eigenvalue weighted by Crippen LogP contribution is 2.37. The van der Waals surface area contributed by atoms with Crippen LogP contribution in [0.1, 0.15) is 62.1 Å². The molecule has 2 amide bonds. The quantitative estimate of drug-likeness (QED) is 0.787. The first-order chi connectivity index (χ1) is 12.8. The van der Waals surface area contributed by atoms with Gasteiger partial charge in [-0.15, -0.1) is 5.10 Å². The van der Waals surface area contributed by atoms with Gasteiger partial charge in [0.2, 0.25) is 5.91 Å². The molecule has 1 aromatic heterocycles. The maximum atomic E-state index is 14.6. The van der Waals surface area contributed by atoms with Gasteiger partial charge in [0.05, 0.1) is 0 Å². The van der Waals surface area contributed by atoms with E-state index >= 15 is 0 Å². The van der Waals surface area contributed by atoms with Crippen LogP contribution in [-0.4, -0.2) is 37.9 Å². The Morgan fingerprint density at radius 2 is 2.07 bits per heavy atom. The van der Waals surface area contributed by atoms with Gasteiger partial charge in [0, 0.05) is 22.5 Å². The van der Waals surface area contributed by atoms with Crippen LogP contribution in [0.15, 0.2) is 29.6 Å². The fourth-order valence-corrected chi connectivity index (χ4v) is 3.27. The summed E-state index contributed by atoms with van der Waals surface area (Å²) in [4.78, 5) is 27.8. The van der Waals surface area contributed by atoms with Gasteiger partial charge in [-0.1, -0.05) is 29.6 Å². The third-order valence-corrected chi connectivity index (χ3v) is 5.33. The number of aromatic nitrogens is 2. The molecule has 1 N–H and O–H groups in total. The van der Waals surface area contributed by atoms with Crippen molar-refractivity contribution in [3.05, 3.63) is 46.7 Å². The first-order valence-corrected chi connectivity index (χ1v) is 9.84. The van der Waals surface area contributed by atoms with E-state index in [0.29, 0.717) is 6.42 Å². The lowest BCUT2D eigenvalue weighted by atomic mass is 9.98. The van der Waals surface area contributed by atoms with Gasteiger partial charge in [-0.3, -0.25) is 9.59 Å². The topological polar surface area (TPSA) is 75.2 Å². The Morgan fingerprint density at radius 3 is 2.63 bits per heavy atom. The molecule has 1 atom stereocenters. The monoisotopic (exact) mass is 390 g/mol. The molecule has 27 heavy (non-hydrogen) atoms. The zero-order chi connectivity index (χ0) is 19.6. The van der Waals surface area contributed by atoms with E-state index < -0.39 is 29.2 Å². The lowest BCUT2D eigenvalue weighted by molar-refractivity contribution is -0.128. The largest absolute Gasteiger partial charge is 0.349 e. The second-order valence-corrected chi connectivity index (χ2v) is 7.99. The zero-order valence-electron chi connectivity index (χ0n) is 15.6. The van der Waals surface area contributed by atoms with Gasteiger partial charge in [0.1, 0.15) is 11.9 Å². The van der Waals surface area contributed by atoms with Crippen molar-refractivity contribution >= 4 is 23.3 Å². The Morgan fingerprint density at radius 1 is 1.37 bits per heavy atom. The number of carbonyl (C=O) groups is 2. The Bertz CT molecular complexity index is 821. The summed E-state index contributed by atoms with van der Waals surface area (Å²) in [5, 5.41) is 8.36. The molecule has 3 rings (SSSR count). The maximum Gasteiger partial charge on any atom is 0.276 e. The Balaban J connectivity index is 2.03. The molecule has 1 aromatic carbocycles. The van der Waals surface area contributed by atoms with Crippen LogP contribution in [-0.2, 0) is 4.79 Å². The summed E-state index contributed by atoms with van der Waals surface area (Å²) in [5.74, 6) is -1.30. The Labute approximate surface area is 161 Å². The van der Waals surface area contributed by atoms with Crippen molar-refractivity contribution < 1.29 is 14.0 Å². The molecular weight excluding hydrogens is 367 g/mol. The van der Waals surface area contributed by atoms with Crippen molar-refractivity contribution in [2.45, 2.75) is 57.7 Å². The highest BCUT2D eigenvalue weighted by molar-refractivity contribution is 7.03. The van der Waals surface area contributed by atoms with E-state index in [2.05, 4.69) is 14.9 Å². The van der Waals surface area contributed by atoms with Gasteiger partial charge < -0.3 is 10.2 Å². The zero-order valence-corrected chi connectivity index (χ0v) is 16.4. The first-order valence-electron chi connectivity index (χ1n) is 9.00. The minimum absolute atomic E-state index is 0.112. The van der Waals surface area contributed by atoms with Crippen LogP contribution in [0.2, 0.25) is 0 Å². The summed E-state index contributed by atoms with van der Waals surface area (Å²) in [5.41, 5.74) is -0.109. The molecule has 8 heteroatoms. The predicted molar refractivity (Wildman–Crippen MR) is 101 cm³/mol. The minimum atomic E-state index is -1.06. The first kappa shape index (κ1) is 19.4. The number of hydrogen-bond acceptors (Lipinski definition) is 5. The number of nitrogens with one attached hydrogen (secondary N) is 1. The fourth-order valence-electron chi connectivity index (χ4n) is 2.84. The molecule has 1 fully saturated rings. The molecule has 0 radical (unpaired) electrons. The van der Waals surface area contributed by atoms with Crippen LogP contribution < -0.4 is 5.32 Å². The molecule has 1 aliphatic rings. The van der Waals surface area contributed by atoms with Crippen molar-refractivity contribution in [1.82, 2.24) is 19.8 Å². The number of rotatable bonds is 7. The number of benzene rings is 1. The number of amides is 2. The summed E-state index contributed by atoms with van der Waals surface area (Å²) in [6.45, 7) is 5.76. The summed E-state index contributed by atoms with van der Waals surface area (Å²) in [6, 6.07) is 4.93. The lowest BCUT2D eigenvalue weighted by Gasteiger charge is -2.34. The second kappa shape index (κ2) is 7.72. The number of nitrogens with zero attached hydrogens (tertiary/aromatic N) is 3. The van der Waals surface area contributed by atoms with Crippen molar-refractivity contribution in [1.29, 1.82) is 0 Å². The minimum Gasteiger partial charge on any atom is -0.349 e.